The first-order chi connectivity index (χ1) is 7.86. The number of hydrogen-bond donors (Lipinski definition) is 1. The van der Waals surface area contributed by atoms with E-state index in [4.69, 9.17) is 0 Å². The van der Waals surface area contributed by atoms with Gasteiger partial charge in [-0.15, -0.1) is 0 Å². The molecular formula is C13H16N2S. The van der Waals surface area contributed by atoms with Crippen molar-refractivity contribution >= 4 is 22.5 Å². The SMILES string of the molecule is CNC(CSC)c1cncc2ccccc12. The highest BCUT2D eigenvalue weighted by molar-refractivity contribution is 7.98. The monoisotopic (exact) mass is 232 g/mol. The quantitative estimate of drug-likeness (QED) is 0.877. The zero-order valence-electron chi connectivity index (χ0n) is 9.60. The third-order valence-electron chi connectivity index (χ3n) is 2.76. The van der Waals surface area contributed by atoms with Crippen molar-refractivity contribution in [2.75, 3.05) is 19.1 Å². The lowest BCUT2D eigenvalue weighted by molar-refractivity contribution is 0.665. The Morgan fingerprint density at radius 3 is 2.88 bits per heavy atom. The van der Waals surface area contributed by atoms with E-state index in [1.54, 1.807) is 0 Å². The number of rotatable bonds is 4. The molecule has 1 N–H and O–H groups in total. The van der Waals surface area contributed by atoms with Crippen LogP contribution in [0, 0.1) is 0 Å². The smallest absolute Gasteiger partial charge is 0.0430 e. The number of aromatic nitrogens is 1. The van der Waals surface area contributed by atoms with Crippen LogP contribution < -0.4 is 5.32 Å². The molecule has 0 aliphatic carbocycles. The molecule has 84 valence electrons. The van der Waals surface area contributed by atoms with E-state index in [-0.39, 0.29) is 0 Å². The fourth-order valence-electron chi connectivity index (χ4n) is 1.91. The molecule has 0 radical (unpaired) electrons. The van der Waals surface area contributed by atoms with Crippen LogP contribution in [0.2, 0.25) is 0 Å². The molecule has 1 heterocycles. The van der Waals surface area contributed by atoms with Crippen LogP contribution in [0.3, 0.4) is 0 Å². The topological polar surface area (TPSA) is 24.9 Å². The van der Waals surface area contributed by atoms with Gasteiger partial charge in [0.05, 0.1) is 0 Å². The number of hydrogen-bond acceptors (Lipinski definition) is 3. The summed E-state index contributed by atoms with van der Waals surface area (Å²) in [6, 6.07) is 8.77. The van der Waals surface area contributed by atoms with Gasteiger partial charge in [-0.2, -0.15) is 11.8 Å². The highest BCUT2D eigenvalue weighted by atomic mass is 32.2. The average molecular weight is 232 g/mol. The molecule has 2 rings (SSSR count). The molecule has 1 unspecified atom stereocenters. The number of benzene rings is 1. The lowest BCUT2D eigenvalue weighted by Gasteiger charge is -2.16. The first kappa shape index (κ1) is 11.4. The van der Waals surface area contributed by atoms with E-state index in [0.717, 1.165) is 5.75 Å². The van der Waals surface area contributed by atoms with Crippen molar-refractivity contribution in [2.45, 2.75) is 6.04 Å². The minimum absolute atomic E-state index is 0.369. The number of pyridine rings is 1. The van der Waals surface area contributed by atoms with Crippen LogP contribution in [0.5, 0.6) is 0 Å². The third kappa shape index (κ3) is 2.20. The molecule has 0 aliphatic heterocycles. The molecule has 1 atom stereocenters. The second-order valence-corrected chi connectivity index (χ2v) is 4.66. The molecule has 1 aromatic carbocycles. The fourth-order valence-corrected chi connectivity index (χ4v) is 2.59. The van der Waals surface area contributed by atoms with Gasteiger partial charge in [0.1, 0.15) is 0 Å². The number of thioether (sulfide) groups is 1. The maximum atomic E-state index is 4.31. The molecule has 0 spiro atoms. The largest absolute Gasteiger partial charge is 0.312 e. The maximum Gasteiger partial charge on any atom is 0.0430 e. The van der Waals surface area contributed by atoms with Gasteiger partial charge in [0.2, 0.25) is 0 Å². The summed E-state index contributed by atoms with van der Waals surface area (Å²) in [6.07, 6.45) is 6.02. The van der Waals surface area contributed by atoms with Crippen LogP contribution >= 0.6 is 11.8 Å². The highest BCUT2D eigenvalue weighted by Gasteiger charge is 2.11. The van der Waals surface area contributed by atoms with Gasteiger partial charge in [0.25, 0.3) is 0 Å². The minimum atomic E-state index is 0.369. The summed E-state index contributed by atoms with van der Waals surface area (Å²) in [7, 11) is 2.00. The highest BCUT2D eigenvalue weighted by Crippen LogP contribution is 2.24. The van der Waals surface area contributed by atoms with E-state index in [1.165, 1.54) is 16.3 Å². The molecular weight excluding hydrogens is 216 g/mol. The Hall–Kier alpha value is -1.06. The van der Waals surface area contributed by atoms with Crippen molar-refractivity contribution in [3.8, 4) is 0 Å². The van der Waals surface area contributed by atoms with Crippen LogP contribution in [-0.2, 0) is 0 Å². The van der Waals surface area contributed by atoms with Crippen LogP contribution in [-0.4, -0.2) is 24.0 Å². The molecule has 0 amide bonds. The fraction of sp³-hybridized carbons (Fsp3) is 0.308. The van der Waals surface area contributed by atoms with Crippen LogP contribution in [0.15, 0.2) is 36.7 Å². The van der Waals surface area contributed by atoms with Crippen molar-refractivity contribution < 1.29 is 0 Å². The minimum Gasteiger partial charge on any atom is -0.312 e. The Labute approximate surface area is 100 Å². The Balaban J connectivity index is 2.50. The van der Waals surface area contributed by atoms with Gasteiger partial charge in [-0.3, -0.25) is 4.98 Å². The zero-order chi connectivity index (χ0) is 11.4. The third-order valence-corrected chi connectivity index (χ3v) is 3.42. The second-order valence-electron chi connectivity index (χ2n) is 3.75. The lowest BCUT2D eigenvalue weighted by atomic mass is 10.0. The van der Waals surface area contributed by atoms with Crippen LogP contribution in [0.1, 0.15) is 11.6 Å². The molecule has 0 aliphatic rings. The summed E-state index contributed by atoms with van der Waals surface area (Å²) >= 11 is 1.85. The molecule has 0 saturated carbocycles. The van der Waals surface area contributed by atoms with E-state index in [1.807, 2.05) is 31.2 Å². The molecule has 0 fully saturated rings. The summed E-state index contributed by atoms with van der Waals surface area (Å²) in [4.78, 5) is 4.31. The predicted molar refractivity (Wildman–Crippen MR) is 71.9 cm³/mol. The van der Waals surface area contributed by atoms with Crippen molar-refractivity contribution in [3.63, 3.8) is 0 Å². The zero-order valence-corrected chi connectivity index (χ0v) is 10.4. The Kier molecular flexibility index (Phi) is 3.80. The molecule has 2 aromatic rings. The first-order valence-corrected chi connectivity index (χ1v) is 6.75. The van der Waals surface area contributed by atoms with Crippen molar-refractivity contribution in [1.29, 1.82) is 0 Å². The molecule has 16 heavy (non-hydrogen) atoms. The van der Waals surface area contributed by atoms with Gasteiger partial charge in [-0.25, -0.2) is 0 Å². The summed E-state index contributed by atoms with van der Waals surface area (Å²) in [5.41, 5.74) is 1.29. The van der Waals surface area contributed by atoms with Gasteiger partial charge in [0.15, 0.2) is 0 Å². The van der Waals surface area contributed by atoms with Crippen molar-refractivity contribution in [2.24, 2.45) is 0 Å². The van der Waals surface area contributed by atoms with Gasteiger partial charge in [-0.1, -0.05) is 24.3 Å². The Morgan fingerprint density at radius 2 is 2.12 bits per heavy atom. The summed E-state index contributed by atoms with van der Waals surface area (Å²) in [5, 5.41) is 5.86. The average Bonchev–Trinajstić information content (AvgIpc) is 2.35. The standard InChI is InChI=1S/C13H16N2S/c1-14-13(9-16-2)12-8-15-7-10-5-3-4-6-11(10)12/h3-8,13-14H,9H2,1-2H3. The summed E-state index contributed by atoms with van der Waals surface area (Å²) in [6.45, 7) is 0. The first-order valence-electron chi connectivity index (χ1n) is 5.35. The Bertz CT molecular complexity index is 465. The van der Waals surface area contributed by atoms with Crippen molar-refractivity contribution in [3.05, 3.63) is 42.2 Å². The molecule has 0 saturated heterocycles. The molecule has 0 bridgehead atoms. The number of fused-ring (bicyclic) bond motifs is 1. The molecule has 3 heteroatoms. The normalized spacial score (nSPS) is 12.9. The Morgan fingerprint density at radius 1 is 1.31 bits per heavy atom. The van der Waals surface area contributed by atoms with Gasteiger partial charge >= 0.3 is 0 Å². The van der Waals surface area contributed by atoms with Gasteiger partial charge < -0.3 is 5.32 Å². The second kappa shape index (κ2) is 5.32. The summed E-state index contributed by atoms with van der Waals surface area (Å²) < 4.78 is 0. The molecule has 2 nitrogen and oxygen atoms in total. The van der Waals surface area contributed by atoms with E-state index in [2.05, 4.69) is 40.8 Å². The summed E-state index contributed by atoms with van der Waals surface area (Å²) in [5.74, 6) is 1.06. The van der Waals surface area contributed by atoms with Crippen LogP contribution in [0.25, 0.3) is 10.8 Å². The van der Waals surface area contributed by atoms with Gasteiger partial charge in [-0.05, 0) is 24.3 Å². The maximum absolute atomic E-state index is 4.31. The number of nitrogens with one attached hydrogen (secondary N) is 1. The van der Waals surface area contributed by atoms with Crippen molar-refractivity contribution in [1.82, 2.24) is 10.3 Å². The van der Waals surface area contributed by atoms with Gasteiger partial charge in [0, 0.05) is 29.6 Å². The number of nitrogens with zero attached hydrogens (tertiary/aromatic N) is 1. The van der Waals surface area contributed by atoms with Crippen LogP contribution in [0.4, 0.5) is 0 Å². The van der Waals surface area contributed by atoms with E-state index in [9.17, 15) is 0 Å². The predicted octanol–water partition coefficient (Wildman–Crippen LogP) is 2.86. The van der Waals surface area contributed by atoms with E-state index in [0.29, 0.717) is 6.04 Å². The molecule has 1 aromatic heterocycles. The van der Waals surface area contributed by atoms with E-state index < -0.39 is 0 Å². The van der Waals surface area contributed by atoms with E-state index >= 15 is 0 Å². The lowest BCUT2D eigenvalue weighted by Crippen LogP contribution is -2.19.